The van der Waals surface area contributed by atoms with Crippen molar-refractivity contribution in [2.75, 3.05) is 7.11 Å². The van der Waals surface area contributed by atoms with E-state index in [1.807, 2.05) is 12.1 Å². The van der Waals surface area contributed by atoms with Crippen LogP contribution in [-0.4, -0.2) is 18.2 Å². The summed E-state index contributed by atoms with van der Waals surface area (Å²) in [6.45, 7) is 0. The van der Waals surface area contributed by atoms with Crippen molar-refractivity contribution in [1.29, 1.82) is 0 Å². The molecule has 124 valence electrons. The summed E-state index contributed by atoms with van der Waals surface area (Å²) < 4.78 is 11.0. The number of ether oxygens (including phenoxy) is 1. The molecule has 3 aromatic rings. The lowest BCUT2D eigenvalue weighted by Gasteiger charge is -2.17. The van der Waals surface area contributed by atoms with Crippen LogP contribution in [0.25, 0.3) is 0 Å². The van der Waals surface area contributed by atoms with Crippen LogP contribution in [0.15, 0.2) is 50.3 Å². The van der Waals surface area contributed by atoms with Crippen LogP contribution in [0.2, 0.25) is 5.02 Å². The van der Waals surface area contributed by atoms with Gasteiger partial charge in [0.25, 0.3) is 5.91 Å². The number of carbonyl (C=O) groups excluding carboxylic acids is 1. The maximum Gasteiger partial charge on any atom is 0.256 e. The fourth-order valence-corrected chi connectivity index (χ4v) is 3.75. The monoisotopic (exact) mass is 426 g/mol. The average Bonchev–Trinajstić information content (AvgIpc) is 3.22. The molecule has 1 atom stereocenters. The number of carbonyl (C=O) groups is 1. The number of nitrogens with one attached hydrogen (secondary N) is 1. The lowest BCUT2D eigenvalue weighted by molar-refractivity contribution is 0.0939. The van der Waals surface area contributed by atoms with Crippen LogP contribution in [0.3, 0.4) is 0 Å². The van der Waals surface area contributed by atoms with Crippen LogP contribution >= 0.6 is 38.9 Å². The Labute approximate surface area is 155 Å². The van der Waals surface area contributed by atoms with E-state index in [1.165, 1.54) is 24.7 Å². The molecule has 0 radical (unpaired) electrons. The highest BCUT2D eigenvalue weighted by atomic mass is 79.9. The number of amides is 1. The van der Waals surface area contributed by atoms with Gasteiger partial charge in [-0.05, 0) is 33.6 Å². The fourth-order valence-electron chi connectivity index (χ4n) is 2.23. The number of benzene rings is 1. The first-order chi connectivity index (χ1) is 11.6. The lowest BCUT2D eigenvalue weighted by Crippen LogP contribution is -2.29. The van der Waals surface area contributed by atoms with Crippen molar-refractivity contribution in [3.8, 4) is 5.75 Å². The summed E-state index contributed by atoms with van der Waals surface area (Å²) in [4.78, 5) is 12.7. The molecule has 1 unspecified atom stereocenters. The zero-order valence-corrected chi connectivity index (χ0v) is 15.6. The van der Waals surface area contributed by atoms with Crippen molar-refractivity contribution in [3.63, 3.8) is 0 Å². The summed E-state index contributed by atoms with van der Waals surface area (Å²) in [5.74, 6) is 0.240. The van der Waals surface area contributed by atoms with Gasteiger partial charge in [-0.2, -0.15) is 0 Å². The zero-order chi connectivity index (χ0) is 17.1. The molecule has 8 heteroatoms. The number of nitrogens with zero attached hydrogens (tertiary/aromatic N) is 1. The van der Waals surface area contributed by atoms with Crippen molar-refractivity contribution in [1.82, 2.24) is 10.5 Å². The van der Waals surface area contributed by atoms with Gasteiger partial charge in [0.1, 0.15) is 21.8 Å². The van der Waals surface area contributed by atoms with Crippen LogP contribution in [0.1, 0.15) is 27.7 Å². The van der Waals surface area contributed by atoms with Crippen molar-refractivity contribution in [3.05, 3.63) is 67.6 Å². The predicted molar refractivity (Wildman–Crippen MR) is 95.8 cm³/mol. The van der Waals surface area contributed by atoms with E-state index in [0.29, 0.717) is 22.0 Å². The van der Waals surface area contributed by atoms with Gasteiger partial charge in [-0.25, -0.2) is 0 Å². The molecule has 0 aliphatic carbocycles. The average molecular weight is 428 g/mol. The molecule has 1 amide bonds. The molecule has 0 spiro atoms. The lowest BCUT2D eigenvalue weighted by atomic mass is 10.0. The first kappa shape index (κ1) is 17.0. The standard InChI is InChI=1S/C16H12BrClN2O3S/c1-22-14-11(8-24-15(14)17)16(21)19-13(12-6-7-23-20-12)9-2-4-10(18)5-3-9/h2-8,13H,1H3,(H,19,21). The van der Waals surface area contributed by atoms with Crippen molar-refractivity contribution in [2.45, 2.75) is 6.04 Å². The van der Waals surface area contributed by atoms with Gasteiger partial charge in [-0.1, -0.05) is 28.9 Å². The summed E-state index contributed by atoms with van der Waals surface area (Å²) in [7, 11) is 1.53. The minimum absolute atomic E-state index is 0.267. The number of rotatable bonds is 5. The highest BCUT2D eigenvalue weighted by Gasteiger charge is 2.24. The highest BCUT2D eigenvalue weighted by Crippen LogP contribution is 2.35. The number of hydrogen-bond acceptors (Lipinski definition) is 5. The quantitative estimate of drug-likeness (QED) is 0.642. The summed E-state index contributed by atoms with van der Waals surface area (Å²) in [5.41, 5.74) is 1.89. The molecule has 0 saturated carbocycles. The number of halogens is 2. The molecule has 1 N–H and O–H groups in total. The Morgan fingerprint density at radius 3 is 2.75 bits per heavy atom. The van der Waals surface area contributed by atoms with E-state index in [-0.39, 0.29) is 5.91 Å². The third-order valence-corrected chi connectivity index (χ3v) is 5.30. The first-order valence-electron chi connectivity index (χ1n) is 6.87. The third-order valence-electron chi connectivity index (χ3n) is 3.38. The highest BCUT2D eigenvalue weighted by molar-refractivity contribution is 9.11. The molecule has 2 heterocycles. The molecule has 0 saturated heterocycles. The second-order valence-electron chi connectivity index (χ2n) is 4.84. The fraction of sp³-hybridized carbons (Fsp3) is 0.125. The largest absolute Gasteiger partial charge is 0.494 e. The summed E-state index contributed by atoms with van der Waals surface area (Å²) in [6.07, 6.45) is 1.46. The van der Waals surface area contributed by atoms with Gasteiger partial charge in [0, 0.05) is 16.5 Å². The van der Waals surface area contributed by atoms with Crippen LogP contribution in [0.4, 0.5) is 0 Å². The number of methoxy groups -OCH3 is 1. The topological polar surface area (TPSA) is 64.4 Å². The second kappa shape index (κ2) is 7.38. The van der Waals surface area contributed by atoms with Crippen LogP contribution in [0, 0.1) is 0 Å². The second-order valence-corrected chi connectivity index (χ2v) is 7.47. The van der Waals surface area contributed by atoms with Gasteiger partial charge < -0.3 is 14.6 Å². The molecule has 0 fully saturated rings. The van der Waals surface area contributed by atoms with Crippen LogP contribution in [0.5, 0.6) is 5.75 Å². The minimum Gasteiger partial charge on any atom is -0.494 e. The van der Waals surface area contributed by atoms with Crippen molar-refractivity contribution < 1.29 is 14.1 Å². The summed E-state index contributed by atoms with van der Waals surface area (Å²) >= 11 is 10.7. The van der Waals surface area contributed by atoms with Gasteiger partial charge in [-0.3, -0.25) is 4.79 Å². The van der Waals surface area contributed by atoms with Crippen molar-refractivity contribution >= 4 is 44.8 Å². The molecular formula is C16H12BrClN2O3S. The number of aromatic nitrogens is 1. The first-order valence-corrected chi connectivity index (χ1v) is 8.92. The van der Waals surface area contributed by atoms with Crippen LogP contribution in [-0.2, 0) is 0 Å². The molecular weight excluding hydrogens is 416 g/mol. The van der Waals surface area contributed by atoms with Gasteiger partial charge >= 0.3 is 0 Å². The van der Waals surface area contributed by atoms with E-state index in [2.05, 4.69) is 26.4 Å². The van der Waals surface area contributed by atoms with E-state index >= 15 is 0 Å². The number of hydrogen-bond donors (Lipinski definition) is 1. The predicted octanol–water partition coefficient (Wildman–Crippen LogP) is 4.68. The molecule has 0 aliphatic rings. The molecule has 5 nitrogen and oxygen atoms in total. The Morgan fingerprint density at radius 1 is 1.38 bits per heavy atom. The third kappa shape index (κ3) is 3.48. The van der Waals surface area contributed by atoms with E-state index in [9.17, 15) is 4.79 Å². The number of thiophene rings is 1. The maximum absolute atomic E-state index is 12.7. The normalized spacial score (nSPS) is 12.0. The smallest absolute Gasteiger partial charge is 0.256 e. The molecule has 0 aliphatic heterocycles. The molecule has 24 heavy (non-hydrogen) atoms. The van der Waals surface area contributed by atoms with E-state index in [1.54, 1.807) is 23.6 Å². The zero-order valence-electron chi connectivity index (χ0n) is 12.5. The Bertz CT molecular complexity index is 834. The summed E-state index contributed by atoms with van der Waals surface area (Å²) in [6, 6.07) is 8.44. The van der Waals surface area contributed by atoms with Gasteiger partial charge in [0.05, 0.1) is 12.7 Å². The van der Waals surface area contributed by atoms with E-state index < -0.39 is 6.04 Å². The van der Waals surface area contributed by atoms with E-state index in [4.69, 9.17) is 20.9 Å². The van der Waals surface area contributed by atoms with Crippen LogP contribution < -0.4 is 10.1 Å². The van der Waals surface area contributed by atoms with Gasteiger partial charge in [-0.15, -0.1) is 11.3 Å². The van der Waals surface area contributed by atoms with Crippen molar-refractivity contribution in [2.24, 2.45) is 0 Å². The molecule has 2 aromatic heterocycles. The van der Waals surface area contributed by atoms with Gasteiger partial charge in [0.15, 0.2) is 5.75 Å². The Hall–Kier alpha value is -1.83. The van der Waals surface area contributed by atoms with Gasteiger partial charge in [0.2, 0.25) is 0 Å². The summed E-state index contributed by atoms with van der Waals surface area (Å²) in [5, 5.41) is 9.26. The maximum atomic E-state index is 12.7. The SMILES string of the molecule is COc1c(C(=O)NC(c2ccc(Cl)cc2)c2ccon2)csc1Br. The Kier molecular flexibility index (Phi) is 5.23. The minimum atomic E-state index is -0.461. The molecule has 1 aromatic carbocycles. The molecule has 0 bridgehead atoms. The Balaban J connectivity index is 1.92. The Morgan fingerprint density at radius 2 is 2.12 bits per heavy atom. The van der Waals surface area contributed by atoms with E-state index in [0.717, 1.165) is 9.35 Å². The molecule has 3 rings (SSSR count).